The number of pyridine rings is 1. The monoisotopic (exact) mass is 298 g/mol. The highest BCUT2D eigenvalue weighted by Gasteiger charge is 2.08. The zero-order chi connectivity index (χ0) is 14.8. The van der Waals surface area contributed by atoms with Crippen molar-refractivity contribution < 1.29 is 4.79 Å². The molecule has 6 heteroatoms. The summed E-state index contributed by atoms with van der Waals surface area (Å²) in [6.07, 6.45) is 1.63. The quantitative estimate of drug-likeness (QED) is 0.807. The van der Waals surface area contributed by atoms with Gasteiger partial charge in [-0.15, -0.1) is 0 Å². The number of hydrogen-bond donors (Lipinski definition) is 1. The van der Waals surface area contributed by atoms with Crippen molar-refractivity contribution in [1.29, 1.82) is 0 Å². The van der Waals surface area contributed by atoms with E-state index in [4.69, 9.17) is 0 Å². The summed E-state index contributed by atoms with van der Waals surface area (Å²) in [6.45, 7) is 3.92. The van der Waals surface area contributed by atoms with Crippen molar-refractivity contribution in [2.75, 3.05) is 5.32 Å². The molecule has 1 N–H and O–H groups in total. The molecule has 0 aromatic carbocycles. The van der Waals surface area contributed by atoms with Gasteiger partial charge in [-0.1, -0.05) is 0 Å². The maximum atomic E-state index is 11.9. The van der Waals surface area contributed by atoms with Gasteiger partial charge in [-0.05, 0) is 43.5 Å². The summed E-state index contributed by atoms with van der Waals surface area (Å²) in [5.74, 6) is 0.603. The van der Waals surface area contributed by atoms with Crippen molar-refractivity contribution in [1.82, 2.24) is 14.8 Å². The molecule has 21 heavy (non-hydrogen) atoms. The predicted octanol–water partition coefficient (Wildman–Crippen LogP) is 3.20. The number of carbonyl (C=O) groups excluding carboxylic acids is 1. The number of nitrogens with one attached hydrogen (secondary N) is 1. The van der Waals surface area contributed by atoms with Crippen molar-refractivity contribution in [2.45, 2.75) is 13.8 Å². The van der Waals surface area contributed by atoms with Crippen LogP contribution in [0.3, 0.4) is 0 Å². The highest BCUT2D eigenvalue weighted by molar-refractivity contribution is 7.08. The van der Waals surface area contributed by atoms with E-state index in [1.54, 1.807) is 16.9 Å². The van der Waals surface area contributed by atoms with Crippen LogP contribution < -0.4 is 5.32 Å². The molecule has 0 aliphatic rings. The van der Waals surface area contributed by atoms with Crippen LogP contribution in [0.2, 0.25) is 0 Å². The van der Waals surface area contributed by atoms with E-state index in [9.17, 15) is 4.79 Å². The van der Waals surface area contributed by atoms with Crippen molar-refractivity contribution in [3.63, 3.8) is 0 Å². The van der Waals surface area contributed by atoms with Crippen LogP contribution in [0.5, 0.6) is 0 Å². The summed E-state index contributed by atoms with van der Waals surface area (Å²) >= 11 is 1.49. The zero-order valence-electron chi connectivity index (χ0n) is 11.7. The lowest BCUT2D eigenvalue weighted by Gasteiger charge is -2.06. The molecule has 0 radical (unpaired) electrons. The van der Waals surface area contributed by atoms with E-state index >= 15 is 0 Å². The molecule has 0 aliphatic carbocycles. The van der Waals surface area contributed by atoms with E-state index in [0.717, 1.165) is 17.2 Å². The number of thiophene rings is 1. The fourth-order valence-corrected chi connectivity index (χ4v) is 2.68. The summed E-state index contributed by atoms with van der Waals surface area (Å²) in [4.78, 5) is 16.3. The predicted molar refractivity (Wildman–Crippen MR) is 83.1 cm³/mol. The Bertz CT molecular complexity index is 760. The molecule has 0 atom stereocenters. The molecule has 3 rings (SSSR count). The minimum Gasteiger partial charge on any atom is -0.321 e. The summed E-state index contributed by atoms with van der Waals surface area (Å²) in [7, 11) is 0. The molecule has 106 valence electrons. The van der Waals surface area contributed by atoms with E-state index in [0.29, 0.717) is 11.3 Å². The highest BCUT2D eigenvalue weighted by Crippen LogP contribution is 2.14. The molecule has 0 fully saturated rings. The second-order valence-electron chi connectivity index (χ2n) is 4.71. The lowest BCUT2D eigenvalue weighted by atomic mass is 10.3. The topological polar surface area (TPSA) is 59.8 Å². The summed E-state index contributed by atoms with van der Waals surface area (Å²) < 4.78 is 1.78. The third kappa shape index (κ3) is 2.85. The van der Waals surface area contributed by atoms with Gasteiger partial charge in [0.25, 0.3) is 5.91 Å². The molecule has 0 unspecified atom stereocenters. The number of rotatable bonds is 3. The Labute approximate surface area is 126 Å². The van der Waals surface area contributed by atoms with Gasteiger partial charge >= 0.3 is 0 Å². The van der Waals surface area contributed by atoms with E-state index in [1.165, 1.54) is 11.3 Å². The van der Waals surface area contributed by atoms with Crippen LogP contribution in [0, 0.1) is 13.8 Å². The third-order valence-electron chi connectivity index (χ3n) is 3.02. The first kappa shape index (κ1) is 13.5. The van der Waals surface area contributed by atoms with E-state index < -0.39 is 0 Å². The molecule has 1 amide bonds. The van der Waals surface area contributed by atoms with Gasteiger partial charge in [-0.3, -0.25) is 4.79 Å². The minimum atomic E-state index is -0.128. The minimum absolute atomic E-state index is 0.128. The average Bonchev–Trinajstić information content (AvgIpc) is 3.09. The molecule has 0 bridgehead atoms. The van der Waals surface area contributed by atoms with Crippen LogP contribution in [0.4, 0.5) is 5.69 Å². The van der Waals surface area contributed by atoms with Crippen LogP contribution in [-0.2, 0) is 0 Å². The SMILES string of the molecule is Cc1cc(C)n(-c2ccc(NC(=O)c3ccsc3)cn2)n1. The normalized spacial score (nSPS) is 10.6. The van der Waals surface area contributed by atoms with Crippen LogP contribution >= 0.6 is 11.3 Å². The Hall–Kier alpha value is -2.47. The standard InChI is InChI=1S/C15H14N4OS/c1-10-7-11(2)19(18-10)14-4-3-13(8-16-14)17-15(20)12-5-6-21-9-12/h3-9H,1-2H3,(H,17,20). The molecular weight excluding hydrogens is 284 g/mol. The smallest absolute Gasteiger partial charge is 0.256 e. The Morgan fingerprint density at radius 3 is 2.71 bits per heavy atom. The van der Waals surface area contributed by atoms with Gasteiger partial charge in [0.15, 0.2) is 5.82 Å². The van der Waals surface area contributed by atoms with E-state index in [2.05, 4.69) is 15.4 Å². The second-order valence-corrected chi connectivity index (χ2v) is 5.49. The number of hydrogen-bond acceptors (Lipinski definition) is 4. The number of carbonyl (C=O) groups is 1. The van der Waals surface area contributed by atoms with Gasteiger partial charge in [0.05, 0.1) is 23.1 Å². The van der Waals surface area contributed by atoms with Gasteiger partial charge in [-0.2, -0.15) is 16.4 Å². The third-order valence-corrected chi connectivity index (χ3v) is 3.70. The Morgan fingerprint density at radius 1 is 1.29 bits per heavy atom. The number of nitrogens with zero attached hydrogens (tertiary/aromatic N) is 3. The Morgan fingerprint density at radius 2 is 2.14 bits per heavy atom. The fourth-order valence-electron chi connectivity index (χ4n) is 2.04. The van der Waals surface area contributed by atoms with Crippen molar-refractivity contribution in [2.24, 2.45) is 0 Å². The first-order valence-electron chi connectivity index (χ1n) is 6.47. The number of aromatic nitrogens is 3. The van der Waals surface area contributed by atoms with E-state index in [1.807, 2.05) is 42.8 Å². The Kier molecular flexibility index (Phi) is 3.53. The molecule has 0 aliphatic heterocycles. The highest BCUT2D eigenvalue weighted by atomic mass is 32.1. The average molecular weight is 298 g/mol. The van der Waals surface area contributed by atoms with Crippen LogP contribution in [0.15, 0.2) is 41.2 Å². The summed E-state index contributed by atoms with van der Waals surface area (Å²) in [6, 6.07) is 7.44. The van der Waals surface area contributed by atoms with Crippen molar-refractivity contribution >= 4 is 22.9 Å². The number of anilines is 1. The zero-order valence-corrected chi connectivity index (χ0v) is 12.5. The van der Waals surface area contributed by atoms with Gasteiger partial charge in [0, 0.05) is 11.1 Å². The van der Waals surface area contributed by atoms with Crippen molar-refractivity contribution in [3.05, 3.63) is 58.2 Å². The first-order chi connectivity index (χ1) is 10.1. The van der Waals surface area contributed by atoms with Gasteiger partial charge in [-0.25, -0.2) is 9.67 Å². The Balaban J connectivity index is 1.78. The van der Waals surface area contributed by atoms with Crippen molar-refractivity contribution in [3.8, 4) is 5.82 Å². The molecule has 0 spiro atoms. The number of aryl methyl sites for hydroxylation is 2. The molecule has 3 aromatic rings. The fraction of sp³-hybridized carbons (Fsp3) is 0.133. The lowest BCUT2D eigenvalue weighted by molar-refractivity contribution is 0.102. The molecule has 3 aromatic heterocycles. The maximum Gasteiger partial charge on any atom is 0.256 e. The van der Waals surface area contributed by atoms with Gasteiger partial charge < -0.3 is 5.32 Å². The molecule has 0 saturated carbocycles. The largest absolute Gasteiger partial charge is 0.321 e. The van der Waals surface area contributed by atoms with Gasteiger partial charge in [0.1, 0.15) is 0 Å². The molecule has 5 nitrogen and oxygen atoms in total. The van der Waals surface area contributed by atoms with E-state index in [-0.39, 0.29) is 5.91 Å². The lowest BCUT2D eigenvalue weighted by Crippen LogP contribution is -2.11. The second kappa shape index (κ2) is 5.49. The van der Waals surface area contributed by atoms with Crippen LogP contribution in [-0.4, -0.2) is 20.7 Å². The molecule has 0 saturated heterocycles. The molecular formula is C15H14N4OS. The number of amides is 1. The maximum absolute atomic E-state index is 11.9. The first-order valence-corrected chi connectivity index (χ1v) is 7.41. The van der Waals surface area contributed by atoms with Crippen LogP contribution in [0.25, 0.3) is 5.82 Å². The van der Waals surface area contributed by atoms with Crippen LogP contribution in [0.1, 0.15) is 21.7 Å². The summed E-state index contributed by atoms with van der Waals surface area (Å²) in [5.41, 5.74) is 3.29. The molecule has 3 heterocycles. The van der Waals surface area contributed by atoms with Gasteiger partial charge in [0.2, 0.25) is 0 Å². The summed E-state index contributed by atoms with van der Waals surface area (Å²) in [5, 5.41) is 10.9.